The van der Waals surface area contributed by atoms with Gasteiger partial charge in [-0.3, -0.25) is 10.3 Å². The highest BCUT2D eigenvalue weighted by atomic mass is 16.5. The molecule has 1 aromatic rings. The number of hydrazone groups is 1. The van der Waals surface area contributed by atoms with Crippen LogP contribution in [0.25, 0.3) is 0 Å². The maximum atomic E-state index is 6.32. The summed E-state index contributed by atoms with van der Waals surface area (Å²) in [6, 6.07) is 6.35. The molecule has 0 amide bonds. The van der Waals surface area contributed by atoms with Gasteiger partial charge in [0, 0.05) is 39.3 Å². The fourth-order valence-corrected chi connectivity index (χ4v) is 5.52. The SMILES string of the molecule is CCc1cc(O[C@H]2CCN(CC3=NNC(C4C=CC(C5CCOCC5)=CC4)O3)C2)ccc1COC. The molecule has 4 aliphatic rings. The first kappa shape index (κ1) is 24.3. The highest BCUT2D eigenvalue weighted by Gasteiger charge is 2.31. The van der Waals surface area contributed by atoms with Gasteiger partial charge in [0.15, 0.2) is 6.23 Å². The Morgan fingerprint density at radius 2 is 2.06 bits per heavy atom. The summed E-state index contributed by atoms with van der Waals surface area (Å²) < 4.78 is 23.3. The van der Waals surface area contributed by atoms with Crippen LogP contribution < -0.4 is 10.2 Å². The summed E-state index contributed by atoms with van der Waals surface area (Å²) in [5, 5.41) is 4.50. The Labute approximate surface area is 209 Å². The summed E-state index contributed by atoms with van der Waals surface area (Å²) in [5.74, 6) is 2.68. The number of ether oxygens (including phenoxy) is 4. The number of allylic oxidation sites excluding steroid dienone is 3. The summed E-state index contributed by atoms with van der Waals surface area (Å²) >= 11 is 0. The van der Waals surface area contributed by atoms with E-state index >= 15 is 0 Å². The summed E-state index contributed by atoms with van der Waals surface area (Å²) in [7, 11) is 1.74. The van der Waals surface area contributed by atoms with E-state index in [2.05, 4.69) is 58.8 Å². The third-order valence-electron chi connectivity index (χ3n) is 7.57. The number of hydrogen-bond acceptors (Lipinski definition) is 7. The minimum Gasteiger partial charge on any atom is -0.489 e. The van der Waals surface area contributed by atoms with Crippen molar-refractivity contribution in [3.05, 3.63) is 53.1 Å². The number of rotatable bonds is 9. The largest absolute Gasteiger partial charge is 0.489 e. The molecule has 0 spiro atoms. The number of nitrogens with one attached hydrogen (secondary N) is 1. The Morgan fingerprint density at radius 3 is 2.83 bits per heavy atom. The Morgan fingerprint density at radius 1 is 1.17 bits per heavy atom. The van der Waals surface area contributed by atoms with Crippen LogP contribution in [0.15, 0.2) is 47.1 Å². The van der Waals surface area contributed by atoms with Gasteiger partial charge in [0.1, 0.15) is 11.9 Å². The van der Waals surface area contributed by atoms with Crippen molar-refractivity contribution in [2.75, 3.05) is 40.0 Å². The van der Waals surface area contributed by atoms with Crippen LogP contribution in [0.4, 0.5) is 0 Å². The van der Waals surface area contributed by atoms with Crippen LogP contribution in [-0.2, 0) is 27.2 Å². The van der Waals surface area contributed by atoms with Crippen LogP contribution in [0.1, 0.15) is 43.7 Å². The molecule has 3 atom stereocenters. The Balaban J connectivity index is 1.06. The molecule has 1 aromatic carbocycles. The molecule has 7 nitrogen and oxygen atoms in total. The van der Waals surface area contributed by atoms with Gasteiger partial charge in [-0.15, -0.1) is 5.10 Å². The van der Waals surface area contributed by atoms with Crippen molar-refractivity contribution in [1.29, 1.82) is 0 Å². The van der Waals surface area contributed by atoms with Gasteiger partial charge in [-0.25, -0.2) is 0 Å². The van der Waals surface area contributed by atoms with Crippen molar-refractivity contribution >= 4 is 5.90 Å². The van der Waals surface area contributed by atoms with Gasteiger partial charge >= 0.3 is 0 Å². The molecule has 35 heavy (non-hydrogen) atoms. The zero-order valence-corrected chi connectivity index (χ0v) is 21.1. The summed E-state index contributed by atoms with van der Waals surface area (Å²) in [4.78, 5) is 2.37. The summed E-state index contributed by atoms with van der Waals surface area (Å²) in [5.41, 5.74) is 7.21. The van der Waals surface area contributed by atoms with E-state index in [0.29, 0.717) is 18.4 Å². The number of likely N-dealkylation sites (tertiary alicyclic amines) is 1. The van der Waals surface area contributed by atoms with Crippen LogP contribution in [0, 0.1) is 11.8 Å². The molecular formula is C28H39N3O4. The quantitative estimate of drug-likeness (QED) is 0.574. The molecule has 0 aromatic heterocycles. The molecule has 2 saturated heterocycles. The molecular weight excluding hydrogens is 442 g/mol. The smallest absolute Gasteiger partial charge is 0.222 e. The summed E-state index contributed by atoms with van der Waals surface area (Å²) in [6.07, 6.45) is 12.3. The monoisotopic (exact) mass is 481 g/mol. The highest BCUT2D eigenvalue weighted by molar-refractivity contribution is 5.79. The Hall–Kier alpha value is -2.35. The third kappa shape index (κ3) is 6.08. The molecule has 5 rings (SSSR count). The fourth-order valence-electron chi connectivity index (χ4n) is 5.52. The number of hydrogen-bond donors (Lipinski definition) is 1. The highest BCUT2D eigenvalue weighted by Crippen LogP contribution is 2.31. The lowest BCUT2D eigenvalue weighted by molar-refractivity contribution is 0.0761. The number of benzene rings is 1. The van der Waals surface area contributed by atoms with Crippen molar-refractivity contribution in [3.63, 3.8) is 0 Å². The number of aryl methyl sites for hydroxylation is 1. The molecule has 1 N–H and O–H groups in total. The van der Waals surface area contributed by atoms with Crippen molar-refractivity contribution in [3.8, 4) is 5.75 Å². The van der Waals surface area contributed by atoms with Crippen LogP contribution in [-0.4, -0.2) is 63.1 Å². The normalized spacial score (nSPS) is 27.3. The Bertz CT molecular complexity index is 954. The van der Waals surface area contributed by atoms with Crippen molar-refractivity contribution < 1.29 is 18.9 Å². The van der Waals surface area contributed by atoms with E-state index in [1.165, 1.54) is 16.7 Å². The minimum atomic E-state index is -0.0820. The maximum absolute atomic E-state index is 6.32. The molecule has 2 fully saturated rings. The zero-order valence-electron chi connectivity index (χ0n) is 21.1. The predicted molar refractivity (Wildman–Crippen MR) is 136 cm³/mol. The lowest BCUT2D eigenvalue weighted by Crippen LogP contribution is -2.34. The second kappa shape index (κ2) is 11.6. The standard InChI is InChI=1S/C28H39N3O4/c1-3-20-16-25(9-8-24(20)19-32-2)34-26-10-13-31(17-26)18-27-29-30-28(35-27)23-6-4-21(5-7-23)22-11-14-33-15-12-22/h4-6,8-9,16,22-23,26,28,30H,3,7,10-15,17-19H2,1-2H3/t23?,26-,28?/m0/s1. The lowest BCUT2D eigenvalue weighted by atomic mass is 9.85. The van der Waals surface area contributed by atoms with E-state index in [-0.39, 0.29) is 12.3 Å². The van der Waals surface area contributed by atoms with E-state index in [4.69, 9.17) is 18.9 Å². The first-order valence-corrected chi connectivity index (χ1v) is 13.2. The van der Waals surface area contributed by atoms with Gasteiger partial charge in [-0.2, -0.15) is 0 Å². The average molecular weight is 482 g/mol. The second-order valence-electron chi connectivity index (χ2n) is 10.0. The van der Waals surface area contributed by atoms with Crippen molar-refractivity contribution in [1.82, 2.24) is 10.3 Å². The predicted octanol–water partition coefficient (Wildman–Crippen LogP) is 4.04. The average Bonchev–Trinajstić information content (AvgIpc) is 3.55. The molecule has 190 valence electrons. The maximum Gasteiger partial charge on any atom is 0.222 e. The lowest BCUT2D eigenvalue weighted by Gasteiger charge is -2.27. The minimum absolute atomic E-state index is 0.0820. The molecule has 0 radical (unpaired) electrons. The molecule has 0 bridgehead atoms. The third-order valence-corrected chi connectivity index (χ3v) is 7.57. The van der Waals surface area contributed by atoms with Gasteiger partial charge in [-0.05, 0) is 66.9 Å². The van der Waals surface area contributed by atoms with Crippen LogP contribution in [0.2, 0.25) is 0 Å². The molecule has 7 heteroatoms. The molecule has 3 aliphatic heterocycles. The first-order valence-electron chi connectivity index (χ1n) is 13.2. The van der Waals surface area contributed by atoms with Crippen molar-refractivity contribution in [2.24, 2.45) is 16.9 Å². The number of nitrogens with zero attached hydrogens (tertiary/aromatic N) is 2. The fraction of sp³-hybridized carbons (Fsp3) is 0.607. The second-order valence-corrected chi connectivity index (χ2v) is 10.0. The van der Waals surface area contributed by atoms with E-state index in [0.717, 1.165) is 76.6 Å². The van der Waals surface area contributed by atoms with Gasteiger partial charge < -0.3 is 18.9 Å². The molecule has 1 aliphatic carbocycles. The zero-order chi connectivity index (χ0) is 24.0. The van der Waals surface area contributed by atoms with Crippen LogP contribution in [0.3, 0.4) is 0 Å². The molecule has 0 saturated carbocycles. The van der Waals surface area contributed by atoms with Gasteiger partial charge in [0.05, 0.1) is 13.2 Å². The Kier molecular flexibility index (Phi) is 8.06. The van der Waals surface area contributed by atoms with Gasteiger partial charge in [0.25, 0.3) is 0 Å². The van der Waals surface area contributed by atoms with E-state index in [1.807, 2.05) is 0 Å². The van der Waals surface area contributed by atoms with E-state index in [9.17, 15) is 0 Å². The molecule has 2 unspecified atom stereocenters. The van der Waals surface area contributed by atoms with Gasteiger partial charge in [-0.1, -0.05) is 31.2 Å². The van der Waals surface area contributed by atoms with Gasteiger partial charge in [0.2, 0.25) is 5.90 Å². The van der Waals surface area contributed by atoms with Crippen LogP contribution >= 0.6 is 0 Å². The van der Waals surface area contributed by atoms with Crippen molar-refractivity contribution in [2.45, 2.75) is 58.0 Å². The summed E-state index contributed by atoms with van der Waals surface area (Å²) in [6.45, 7) is 7.16. The van der Waals surface area contributed by atoms with Crippen LogP contribution in [0.5, 0.6) is 5.75 Å². The van der Waals surface area contributed by atoms with E-state index < -0.39 is 0 Å². The molecule has 3 heterocycles. The number of methoxy groups -OCH3 is 1. The first-order chi connectivity index (χ1) is 17.2. The van der Waals surface area contributed by atoms with E-state index in [1.54, 1.807) is 7.11 Å². The topological polar surface area (TPSA) is 64.6 Å².